The van der Waals surface area contributed by atoms with Gasteiger partial charge in [0.05, 0.1) is 6.61 Å². The van der Waals surface area contributed by atoms with Gasteiger partial charge in [-0.3, -0.25) is 0 Å². The largest absolute Gasteiger partial charge is 0.491 e. The summed E-state index contributed by atoms with van der Waals surface area (Å²) >= 11 is 0. The van der Waals surface area contributed by atoms with Crippen LogP contribution in [0.2, 0.25) is 0 Å². The van der Waals surface area contributed by atoms with Crippen molar-refractivity contribution in [2.75, 3.05) is 13.2 Å². The van der Waals surface area contributed by atoms with Gasteiger partial charge in [-0.15, -0.1) is 0 Å². The van der Waals surface area contributed by atoms with E-state index in [1.54, 1.807) is 0 Å². The third-order valence-corrected chi connectivity index (χ3v) is 4.58. The van der Waals surface area contributed by atoms with Gasteiger partial charge >= 0.3 is 0 Å². The van der Waals surface area contributed by atoms with Crippen molar-refractivity contribution in [3.63, 3.8) is 0 Å². The molecule has 0 N–H and O–H groups in total. The average molecular weight is 331 g/mol. The van der Waals surface area contributed by atoms with Gasteiger partial charge in [-0.05, 0) is 63.1 Å². The summed E-state index contributed by atoms with van der Waals surface area (Å²) in [6.07, 6.45) is 16.3. The third kappa shape index (κ3) is 8.01. The summed E-state index contributed by atoms with van der Waals surface area (Å²) in [5, 5.41) is 0. The molecular weight excluding hydrogens is 296 g/mol. The van der Waals surface area contributed by atoms with Crippen LogP contribution in [0.25, 0.3) is 0 Å². The van der Waals surface area contributed by atoms with Gasteiger partial charge in [0.25, 0.3) is 0 Å². The molecule has 0 bridgehead atoms. The lowest BCUT2D eigenvalue weighted by Crippen LogP contribution is -2.16. The zero-order valence-electron chi connectivity index (χ0n) is 15.6. The first-order valence-corrected chi connectivity index (χ1v) is 9.72. The van der Waals surface area contributed by atoms with E-state index >= 15 is 0 Å². The first kappa shape index (κ1) is 19.1. The first-order chi connectivity index (χ1) is 11.7. The van der Waals surface area contributed by atoms with Crippen LogP contribution in [0.15, 0.2) is 36.4 Å². The molecule has 0 aliphatic carbocycles. The normalized spacial score (nSPS) is 19.8. The van der Waals surface area contributed by atoms with Crippen molar-refractivity contribution in [2.24, 2.45) is 0 Å². The molecule has 0 radical (unpaired) electrons. The van der Waals surface area contributed by atoms with Gasteiger partial charge in [-0.25, -0.2) is 0 Å². The van der Waals surface area contributed by atoms with Crippen molar-refractivity contribution < 1.29 is 9.47 Å². The maximum absolute atomic E-state index is 5.76. The Morgan fingerprint density at radius 2 is 1.67 bits per heavy atom. The van der Waals surface area contributed by atoms with E-state index in [2.05, 4.69) is 50.3 Å². The Hall–Kier alpha value is -1.28. The van der Waals surface area contributed by atoms with E-state index in [1.165, 1.54) is 56.9 Å². The van der Waals surface area contributed by atoms with Crippen molar-refractivity contribution in [3.05, 3.63) is 42.0 Å². The molecule has 2 nitrogen and oxygen atoms in total. The number of allylic oxidation sites excluding steroid dienone is 2. The number of aryl methyl sites for hydroxylation is 1. The molecule has 1 aliphatic heterocycles. The van der Waals surface area contributed by atoms with E-state index in [0.717, 1.165) is 18.8 Å². The molecule has 0 amide bonds. The molecule has 0 saturated carbocycles. The topological polar surface area (TPSA) is 21.8 Å². The molecule has 1 atom stereocenters. The van der Waals surface area contributed by atoms with E-state index in [4.69, 9.17) is 9.47 Å². The molecule has 1 aromatic carbocycles. The van der Waals surface area contributed by atoms with E-state index in [9.17, 15) is 0 Å². The predicted molar refractivity (Wildman–Crippen MR) is 102 cm³/mol. The van der Waals surface area contributed by atoms with Crippen LogP contribution in [-0.2, 0) is 11.2 Å². The molecule has 2 rings (SSSR count). The van der Waals surface area contributed by atoms with Crippen LogP contribution in [0.1, 0.15) is 70.8 Å². The van der Waals surface area contributed by atoms with Gasteiger partial charge in [-0.2, -0.15) is 0 Å². The van der Waals surface area contributed by atoms with Gasteiger partial charge in [0.1, 0.15) is 18.0 Å². The molecule has 0 aromatic heterocycles. The van der Waals surface area contributed by atoms with Crippen molar-refractivity contribution in [1.82, 2.24) is 0 Å². The van der Waals surface area contributed by atoms with Gasteiger partial charge in [0.15, 0.2) is 0 Å². The Morgan fingerprint density at radius 3 is 2.29 bits per heavy atom. The Balaban J connectivity index is 1.50. The molecule has 134 valence electrons. The number of hydrogen-bond donors (Lipinski definition) is 0. The lowest BCUT2D eigenvalue weighted by atomic mass is 10.1. The number of epoxide rings is 1. The fourth-order valence-electron chi connectivity index (χ4n) is 2.71. The molecule has 1 unspecified atom stereocenters. The standard InChI is InChI=1S/C22H34O2/c1-3-4-5-6-7-8-9-10-11-12-13-20-14-16-21(17-15-20)23-18-22(2)19-24-22/h8-9,14-17H,3-7,10-13,18-19H2,1-2H3/b9-8+. The van der Waals surface area contributed by atoms with E-state index in [0.29, 0.717) is 6.61 Å². The van der Waals surface area contributed by atoms with Gasteiger partial charge in [-0.1, -0.05) is 50.5 Å². The lowest BCUT2D eigenvalue weighted by molar-refractivity contribution is 0.202. The Labute approximate surface area is 148 Å². The van der Waals surface area contributed by atoms with Crippen LogP contribution < -0.4 is 4.74 Å². The minimum absolute atomic E-state index is 0.0395. The van der Waals surface area contributed by atoms with Crippen LogP contribution in [0.3, 0.4) is 0 Å². The minimum Gasteiger partial charge on any atom is -0.491 e. The summed E-state index contributed by atoms with van der Waals surface area (Å²) in [4.78, 5) is 0. The Kier molecular flexibility index (Phi) is 8.38. The third-order valence-electron chi connectivity index (χ3n) is 4.58. The number of hydrogen-bond acceptors (Lipinski definition) is 2. The fraction of sp³-hybridized carbons (Fsp3) is 0.636. The second kappa shape index (κ2) is 10.6. The maximum atomic E-state index is 5.76. The molecule has 1 saturated heterocycles. The number of unbranched alkanes of at least 4 members (excludes halogenated alkanes) is 6. The quantitative estimate of drug-likeness (QED) is 0.248. The van der Waals surface area contributed by atoms with Crippen LogP contribution >= 0.6 is 0 Å². The summed E-state index contributed by atoms with van der Waals surface area (Å²) in [6, 6.07) is 8.54. The summed E-state index contributed by atoms with van der Waals surface area (Å²) in [6.45, 7) is 5.82. The van der Waals surface area contributed by atoms with Gasteiger partial charge in [0, 0.05) is 0 Å². The molecule has 1 heterocycles. The highest BCUT2D eigenvalue weighted by atomic mass is 16.6. The molecule has 2 heteroatoms. The monoisotopic (exact) mass is 330 g/mol. The first-order valence-electron chi connectivity index (χ1n) is 9.72. The predicted octanol–water partition coefficient (Wildman–Crippen LogP) is 6.09. The number of rotatable bonds is 13. The van der Waals surface area contributed by atoms with Crippen LogP contribution in [0, 0.1) is 0 Å². The van der Waals surface area contributed by atoms with E-state index in [-0.39, 0.29) is 5.60 Å². The minimum atomic E-state index is -0.0395. The van der Waals surface area contributed by atoms with E-state index in [1.807, 2.05) is 0 Å². The summed E-state index contributed by atoms with van der Waals surface area (Å²) in [5.41, 5.74) is 1.36. The number of benzene rings is 1. The highest BCUT2D eigenvalue weighted by Gasteiger charge is 2.40. The second-order valence-corrected chi connectivity index (χ2v) is 7.24. The summed E-state index contributed by atoms with van der Waals surface area (Å²) in [5.74, 6) is 0.946. The lowest BCUT2D eigenvalue weighted by Gasteiger charge is -2.09. The van der Waals surface area contributed by atoms with E-state index < -0.39 is 0 Å². The van der Waals surface area contributed by atoms with Gasteiger partial charge in [0.2, 0.25) is 0 Å². The summed E-state index contributed by atoms with van der Waals surface area (Å²) < 4.78 is 11.1. The Bertz CT molecular complexity index is 471. The van der Waals surface area contributed by atoms with Gasteiger partial charge < -0.3 is 9.47 Å². The highest BCUT2D eigenvalue weighted by Crippen LogP contribution is 2.27. The van der Waals surface area contributed by atoms with Crippen LogP contribution in [-0.4, -0.2) is 18.8 Å². The molecule has 24 heavy (non-hydrogen) atoms. The zero-order valence-corrected chi connectivity index (χ0v) is 15.6. The molecule has 0 spiro atoms. The van der Waals surface area contributed by atoms with Crippen molar-refractivity contribution >= 4 is 0 Å². The zero-order chi connectivity index (χ0) is 17.1. The SMILES string of the molecule is CCCCCC/C=C/CCCCc1ccc(OCC2(C)CO2)cc1. The number of ether oxygens (including phenoxy) is 2. The molecule has 1 fully saturated rings. The summed E-state index contributed by atoms with van der Waals surface area (Å²) in [7, 11) is 0. The fourth-order valence-corrected chi connectivity index (χ4v) is 2.71. The molecule has 1 aliphatic rings. The molecule has 1 aromatic rings. The van der Waals surface area contributed by atoms with Crippen molar-refractivity contribution in [3.8, 4) is 5.75 Å². The highest BCUT2D eigenvalue weighted by molar-refractivity contribution is 5.27. The molecular formula is C22H34O2. The van der Waals surface area contributed by atoms with Crippen molar-refractivity contribution in [2.45, 2.75) is 77.2 Å². The van der Waals surface area contributed by atoms with Crippen molar-refractivity contribution in [1.29, 1.82) is 0 Å². The smallest absolute Gasteiger partial charge is 0.123 e. The maximum Gasteiger partial charge on any atom is 0.123 e. The van der Waals surface area contributed by atoms with Crippen LogP contribution in [0.4, 0.5) is 0 Å². The van der Waals surface area contributed by atoms with Crippen LogP contribution in [0.5, 0.6) is 5.75 Å². The second-order valence-electron chi connectivity index (χ2n) is 7.24. The average Bonchev–Trinajstić information content (AvgIpc) is 3.34. The Morgan fingerprint density at radius 1 is 1.00 bits per heavy atom.